The van der Waals surface area contributed by atoms with E-state index in [0.717, 1.165) is 34.8 Å². The van der Waals surface area contributed by atoms with Gasteiger partial charge in [0.05, 0.1) is 31.8 Å². The van der Waals surface area contributed by atoms with Gasteiger partial charge in [-0.15, -0.1) is 0 Å². The first kappa shape index (κ1) is 23.9. The van der Waals surface area contributed by atoms with Gasteiger partial charge in [0.2, 0.25) is 0 Å². The standard InChI is InChI=1S/C27H25NO4S2/c1-30-22-12-14-23(15-13-22)31-16-7-17-32-24-11-6-5-10-21(24)18-25-26(29)28(27(33)34-25)19-20-8-3-2-4-9-20/h2-6,8-15,18H,7,16-17,19H2,1H3/b25-18-. The number of thioether (sulfide) groups is 1. The molecule has 7 heteroatoms. The summed E-state index contributed by atoms with van der Waals surface area (Å²) in [6.45, 7) is 1.50. The van der Waals surface area contributed by atoms with Crippen molar-refractivity contribution >= 4 is 40.3 Å². The Kier molecular flexibility index (Phi) is 8.22. The van der Waals surface area contributed by atoms with Gasteiger partial charge < -0.3 is 14.2 Å². The van der Waals surface area contributed by atoms with Gasteiger partial charge in [0.15, 0.2) is 0 Å². The molecule has 0 radical (unpaired) electrons. The molecule has 0 aliphatic carbocycles. The van der Waals surface area contributed by atoms with Crippen LogP contribution in [0.3, 0.4) is 0 Å². The second-order valence-electron chi connectivity index (χ2n) is 7.52. The van der Waals surface area contributed by atoms with E-state index in [0.29, 0.717) is 29.0 Å². The van der Waals surface area contributed by atoms with Crippen molar-refractivity contribution in [1.29, 1.82) is 0 Å². The number of benzene rings is 3. The van der Waals surface area contributed by atoms with Crippen LogP contribution in [0, 0.1) is 0 Å². The lowest BCUT2D eigenvalue weighted by atomic mass is 10.1. The summed E-state index contributed by atoms with van der Waals surface area (Å²) in [5, 5.41) is 0. The summed E-state index contributed by atoms with van der Waals surface area (Å²) in [6, 6.07) is 25.0. The van der Waals surface area contributed by atoms with E-state index in [1.807, 2.05) is 84.9 Å². The van der Waals surface area contributed by atoms with E-state index in [1.165, 1.54) is 11.8 Å². The third-order valence-electron chi connectivity index (χ3n) is 5.14. The number of rotatable bonds is 10. The van der Waals surface area contributed by atoms with Crippen LogP contribution in [0.5, 0.6) is 17.2 Å². The number of hydrogen-bond donors (Lipinski definition) is 0. The molecule has 1 heterocycles. The fourth-order valence-corrected chi connectivity index (χ4v) is 4.62. The maximum absolute atomic E-state index is 13.0. The highest BCUT2D eigenvalue weighted by molar-refractivity contribution is 8.26. The molecule has 1 amide bonds. The lowest BCUT2D eigenvalue weighted by molar-refractivity contribution is -0.122. The van der Waals surface area contributed by atoms with Gasteiger partial charge >= 0.3 is 0 Å². The Morgan fingerprint density at radius 3 is 2.32 bits per heavy atom. The quantitative estimate of drug-likeness (QED) is 0.199. The molecule has 34 heavy (non-hydrogen) atoms. The van der Waals surface area contributed by atoms with Crippen molar-refractivity contribution in [2.45, 2.75) is 13.0 Å². The third kappa shape index (κ3) is 6.18. The van der Waals surface area contributed by atoms with Crippen molar-refractivity contribution in [1.82, 2.24) is 4.90 Å². The minimum Gasteiger partial charge on any atom is -0.497 e. The Morgan fingerprint density at radius 1 is 0.882 bits per heavy atom. The Balaban J connectivity index is 1.33. The molecule has 3 aromatic carbocycles. The molecular formula is C27H25NO4S2. The lowest BCUT2D eigenvalue weighted by Gasteiger charge is -2.14. The summed E-state index contributed by atoms with van der Waals surface area (Å²) < 4.78 is 17.5. The van der Waals surface area contributed by atoms with Crippen LogP contribution in [0.15, 0.2) is 83.8 Å². The number of amides is 1. The van der Waals surface area contributed by atoms with E-state index in [9.17, 15) is 4.79 Å². The van der Waals surface area contributed by atoms with Crippen molar-refractivity contribution in [2.24, 2.45) is 0 Å². The van der Waals surface area contributed by atoms with Gasteiger partial charge in [0, 0.05) is 12.0 Å². The number of nitrogens with zero attached hydrogens (tertiary/aromatic N) is 1. The van der Waals surface area contributed by atoms with Gasteiger partial charge in [0.1, 0.15) is 21.6 Å². The summed E-state index contributed by atoms with van der Waals surface area (Å²) in [7, 11) is 1.64. The van der Waals surface area contributed by atoms with Crippen LogP contribution in [-0.4, -0.2) is 35.5 Å². The van der Waals surface area contributed by atoms with Crippen LogP contribution in [-0.2, 0) is 11.3 Å². The molecular weight excluding hydrogens is 466 g/mol. The minimum absolute atomic E-state index is 0.0819. The number of para-hydroxylation sites is 1. The zero-order valence-electron chi connectivity index (χ0n) is 18.8. The van der Waals surface area contributed by atoms with Crippen molar-refractivity contribution < 1.29 is 19.0 Å². The number of ether oxygens (including phenoxy) is 3. The highest BCUT2D eigenvalue weighted by Gasteiger charge is 2.32. The van der Waals surface area contributed by atoms with E-state index in [4.69, 9.17) is 26.4 Å². The smallest absolute Gasteiger partial charge is 0.266 e. The second kappa shape index (κ2) is 11.7. The molecule has 0 saturated carbocycles. The van der Waals surface area contributed by atoms with Crippen LogP contribution >= 0.6 is 24.0 Å². The predicted octanol–water partition coefficient (Wildman–Crippen LogP) is 5.94. The Labute approximate surface area is 209 Å². The Morgan fingerprint density at radius 2 is 1.56 bits per heavy atom. The SMILES string of the molecule is COc1ccc(OCCCOc2ccccc2/C=C2\SC(=S)N(Cc3ccccc3)C2=O)cc1. The van der Waals surface area contributed by atoms with E-state index in [1.54, 1.807) is 12.0 Å². The number of hydrogen-bond acceptors (Lipinski definition) is 6. The fraction of sp³-hybridized carbons (Fsp3) is 0.185. The zero-order chi connectivity index (χ0) is 23.8. The minimum atomic E-state index is -0.0819. The molecule has 3 aromatic rings. The van der Waals surface area contributed by atoms with Crippen molar-refractivity contribution in [3.63, 3.8) is 0 Å². The van der Waals surface area contributed by atoms with Crippen LogP contribution in [0.25, 0.3) is 6.08 Å². The average Bonchev–Trinajstić information content (AvgIpc) is 3.13. The molecule has 0 aromatic heterocycles. The molecule has 0 N–H and O–H groups in total. The Hall–Kier alpha value is -3.29. The van der Waals surface area contributed by atoms with Gasteiger partial charge in [-0.05, 0) is 42.0 Å². The van der Waals surface area contributed by atoms with Crippen molar-refractivity contribution in [3.8, 4) is 17.2 Å². The van der Waals surface area contributed by atoms with Crippen LogP contribution < -0.4 is 14.2 Å². The molecule has 1 aliphatic rings. The first-order valence-corrected chi connectivity index (χ1v) is 12.1. The summed E-state index contributed by atoms with van der Waals surface area (Å²) in [5.74, 6) is 2.23. The Bertz CT molecular complexity index is 1160. The monoisotopic (exact) mass is 491 g/mol. The number of methoxy groups -OCH3 is 1. The molecule has 0 bridgehead atoms. The average molecular weight is 492 g/mol. The van der Waals surface area contributed by atoms with Gasteiger partial charge in [0.25, 0.3) is 5.91 Å². The van der Waals surface area contributed by atoms with Crippen LogP contribution in [0.2, 0.25) is 0 Å². The summed E-state index contributed by atoms with van der Waals surface area (Å²) >= 11 is 6.79. The third-order valence-corrected chi connectivity index (χ3v) is 6.51. The summed E-state index contributed by atoms with van der Waals surface area (Å²) in [5.41, 5.74) is 1.89. The topological polar surface area (TPSA) is 48.0 Å². The van der Waals surface area contributed by atoms with Gasteiger partial charge in [-0.1, -0.05) is 72.5 Å². The predicted molar refractivity (Wildman–Crippen MR) is 140 cm³/mol. The van der Waals surface area contributed by atoms with E-state index < -0.39 is 0 Å². The molecule has 1 fully saturated rings. The van der Waals surface area contributed by atoms with Crippen molar-refractivity contribution in [2.75, 3.05) is 20.3 Å². The van der Waals surface area contributed by atoms with Gasteiger partial charge in [-0.3, -0.25) is 9.69 Å². The molecule has 0 unspecified atom stereocenters. The number of thiocarbonyl (C=S) groups is 1. The lowest BCUT2D eigenvalue weighted by Crippen LogP contribution is -2.27. The highest BCUT2D eigenvalue weighted by Crippen LogP contribution is 2.35. The number of carbonyl (C=O) groups is 1. The maximum atomic E-state index is 13.0. The molecule has 0 atom stereocenters. The first-order valence-electron chi connectivity index (χ1n) is 10.9. The molecule has 174 valence electrons. The van der Waals surface area contributed by atoms with E-state index >= 15 is 0 Å². The first-order chi connectivity index (χ1) is 16.6. The van der Waals surface area contributed by atoms with E-state index in [-0.39, 0.29) is 5.91 Å². The highest BCUT2D eigenvalue weighted by atomic mass is 32.2. The largest absolute Gasteiger partial charge is 0.497 e. The molecule has 5 nitrogen and oxygen atoms in total. The van der Waals surface area contributed by atoms with Gasteiger partial charge in [-0.25, -0.2) is 0 Å². The number of carbonyl (C=O) groups excluding carboxylic acids is 1. The molecule has 1 aliphatic heterocycles. The molecule has 0 spiro atoms. The molecule has 1 saturated heterocycles. The van der Waals surface area contributed by atoms with Gasteiger partial charge in [-0.2, -0.15) is 0 Å². The zero-order valence-corrected chi connectivity index (χ0v) is 20.4. The summed E-state index contributed by atoms with van der Waals surface area (Å²) in [4.78, 5) is 15.2. The van der Waals surface area contributed by atoms with Crippen LogP contribution in [0.1, 0.15) is 17.5 Å². The fourth-order valence-electron chi connectivity index (χ4n) is 3.38. The normalized spacial score (nSPS) is 14.5. The second-order valence-corrected chi connectivity index (χ2v) is 9.19. The van der Waals surface area contributed by atoms with Crippen molar-refractivity contribution in [3.05, 3.63) is 94.9 Å². The summed E-state index contributed by atoms with van der Waals surface area (Å²) in [6.07, 6.45) is 2.58. The van der Waals surface area contributed by atoms with Crippen LogP contribution in [0.4, 0.5) is 0 Å². The van der Waals surface area contributed by atoms with E-state index in [2.05, 4.69) is 0 Å². The maximum Gasteiger partial charge on any atom is 0.266 e. The molecule has 4 rings (SSSR count).